The largest absolute Gasteiger partial charge is 0.493 e. The molecule has 8 heteroatoms. The van der Waals surface area contributed by atoms with Crippen molar-refractivity contribution in [2.24, 2.45) is 7.05 Å². The number of aryl methyl sites for hydroxylation is 1. The lowest BCUT2D eigenvalue weighted by atomic mass is 10.1. The van der Waals surface area contributed by atoms with Crippen LogP contribution in [0.3, 0.4) is 0 Å². The van der Waals surface area contributed by atoms with Crippen LogP contribution >= 0.6 is 0 Å². The van der Waals surface area contributed by atoms with Crippen LogP contribution in [-0.2, 0) is 18.3 Å². The molecule has 0 aliphatic carbocycles. The average Bonchev–Trinajstić information content (AvgIpc) is 3.45. The molecule has 0 unspecified atom stereocenters. The van der Waals surface area contributed by atoms with E-state index in [9.17, 15) is 9.59 Å². The minimum absolute atomic E-state index is 0.105. The maximum absolute atomic E-state index is 13.5. The first kappa shape index (κ1) is 21.3. The fourth-order valence-electron chi connectivity index (χ4n) is 3.32. The van der Waals surface area contributed by atoms with Gasteiger partial charge in [-0.15, -0.1) is 0 Å². The number of amides is 1. The Bertz CT molecular complexity index is 1140. The molecule has 2 heterocycles. The third-order valence-corrected chi connectivity index (χ3v) is 5.03. The normalized spacial score (nSPS) is 12.4. The van der Waals surface area contributed by atoms with Crippen LogP contribution in [0.2, 0.25) is 0 Å². The topological polar surface area (TPSA) is 97.8 Å². The summed E-state index contributed by atoms with van der Waals surface area (Å²) in [6.07, 6.45) is 3.53. The van der Waals surface area contributed by atoms with Gasteiger partial charge in [-0.2, -0.15) is 5.10 Å². The van der Waals surface area contributed by atoms with Crippen molar-refractivity contribution >= 4 is 11.9 Å². The Hall–Kier alpha value is -3.55. The van der Waals surface area contributed by atoms with E-state index in [1.54, 1.807) is 63.4 Å². The summed E-state index contributed by atoms with van der Waals surface area (Å²) in [5, 5.41) is 13.1. The van der Waals surface area contributed by atoms with E-state index in [-0.39, 0.29) is 17.7 Å². The number of aliphatic carboxylic acids is 1. The molecule has 0 aliphatic rings. The van der Waals surface area contributed by atoms with Crippen LogP contribution < -0.4 is 4.74 Å². The Morgan fingerprint density at radius 2 is 2.00 bits per heavy atom. The van der Waals surface area contributed by atoms with Crippen LogP contribution in [0.1, 0.15) is 58.3 Å². The van der Waals surface area contributed by atoms with Crippen molar-refractivity contribution in [1.29, 1.82) is 0 Å². The molecule has 176 valence electrons. The summed E-state index contributed by atoms with van der Waals surface area (Å²) in [7, 11) is 1.70. The predicted molar refractivity (Wildman–Crippen MR) is 124 cm³/mol. The van der Waals surface area contributed by atoms with Crippen molar-refractivity contribution in [2.45, 2.75) is 52.1 Å². The highest BCUT2D eigenvalue weighted by atomic mass is 16.5. The number of furan rings is 1. The third-order valence-electron chi connectivity index (χ3n) is 5.03. The molecule has 1 N–H and O–H groups in total. The number of carboxylic acids is 1. The molecule has 0 bridgehead atoms. The minimum Gasteiger partial charge on any atom is -0.493 e. The molecule has 8 nitrogen and oxygen atoms in total. The van der Waals surface area contributed by atoms with Crippen LogP contribution in [0.5, 0.6) is 5.75 Å². The SMILES string of the molecule is [2H]C([2H])(c1ccccc1OCCCCCC(=O)O)N(C(=O)c1cc(-c2ccco2)n(C)n1)C(C)C. The molecule has 0 saturated heterocycles. The number of para-hydroxylation sites is 1. The number of nitrogens with zero attached hydrogens (tertiary/aromatic N) is 3. The van der Waals surface area contributed by atoms with Gasteiger partial charge in [0, 0.05) is 37.6 Å². The minimum atomic E-state index is -2.19. The second-order valence-electron chi connectivity index (χ2n) is 7.95. The van der Waals surface area contributed by atoms with E-state index in [4.69, 9.17) is 17.0 Å². The van der Waals surface area contributed by atoms with Gasteiger partial charge in [0.05, 0.1) is 15.6 Å². The Balaban J connectivity index is 1.82. The number of hydrogen-bond acceptors (Lipinski definition) is 5. The zero-order chi connectivity index (χ0) is 25.6. The second kappa shape index (κ2) is 11.4. The van der Waals surface area contributed by atoms with E-state index in [0.29, 0.717) is 43.1 Å². The summed E-state index contributed by atoms with van der Waals surface area (Å²) in [5.74, 6) is -0.485. The zero-order valence-corrected chi connectivity index (χ0v) is 19.2. The third kappa shape index (κ3) is 6.47. The second-order valence-corrected chi connectivity index (χ2v) is 7.95. The molecule has 0 fully saturated rings. The lowest BCUT2D eigenvalue weighted by Crippen LogP contribution is -2.36. The van der Waals surface area contributed by atoms with E-state index in [0.717, 1.165) is 4.90 Å². The quantitative estimate of drug-likeness (QED) is 0.396. The molecule has 0 aliphatic heterocycles. The number of ether oxygens (including phenoxy) is 1. The van der Waals surface area contributed by atoms with Crippen LogP contribution in [0, 0.1) is 0 Å². The number of rotatable bonds is 12. The van der Waals surface area contributed by atoms with Crippen molar-refractivity contribution < 1.29 is 26.6 Å². The summed E-state index contributed by atoms with van der Waals surface area (Å²) in [5.41, 5.74) is 0.942. The summed E-state index contributed by atoms with van der Waals surface area (Å²) in [6, 6.07) is 11.3. The van der Waals surface area contributed by atoms with Crippen molar-refractivity contribution in [2.75, 3.05) is 6.61 Å². The van der Waals surface area contributed by atoms with E-state index < -0.39 is 24.4 Å². The maximum Gasteiger partial charge on any atom is 0.303 e. The fourth-order valence-corrected chi connectivity index (χ4v) is 3.32. The molecule has 2 aromatic heterocycles. The number of aromatic nitrogens is 2. The number of carboxylic acid groups (broad SMARTS) is 1. The lowest BCUT2D eigenvalue weighted by molar-refractivity contribution is -0.137. The molecule has 1 amide bonds. The molecule has 3 rings (SSSR count). The highest BCUT2D eigenvalue weighted by Gasteiger charge is 2.24. The summed E-state index contributed by atoms with van der Waals surface area (Å²) in [4.78, 5) is 25.3. The van der Waals surface area contributed by atoms with Crippen molar-refractivity contribution in [3.05, 3.63) is 60.0 Å². The molecule has 0 atom stereocenters. The highest BCUT2D eigenvalue weighted by molar-refractivity contribution is 5.93. The predicted octanol–water partition coefficient (Wildman–Crippen LogP) is 4.75. The van der Waals surface area contributed by atoms with Crippen molar-refractivity contribution in [1.82, 2.24) is 14.7 Å². The van der Waals surface area contributed by atoms with Gasteiger partial charge in [-0.05, 0) is 51.3 Å². The van der Waals surface area contributed by atoms with Crippen molar-refractivity contribution in [3.63, 3.8) is 0 Å². The number of hydrogen-bond donors (Lipinski definition) is 1. The number of benzene rings is 1. The van der Waals surface area contributed by atoms with Gasteiger partial charge in [0.1, 0.15) is 11.4 Å². The van der Waals surface area contributed by atoms with E-state index in [1.165, 1.54) is 10.9 Å². The van der Waals surface area contributed by atoms with Gasteiger partial charge in [0.15, 0.2) is 11.5 Å². The smallest absolute Gasteiger partial charge is 0.303 e. The average molecular weight is 456 g/mol. The molecule has 0 spiro atoms. The first-order chi connectivity index (χ1) is 16.6. The maximum atomic E-state index is 13.5. The Labute approximate surface area is 196 Å². The fraction of sp³-hybridized carbons (Fsp3) is 0.400. The van der Waals surface area contributed by atoms with Gasteiger partial charge in [0.25, 0.3) is 5.91 Å². The number of carbonyl (C=O) groups excluding carboxylic acids is 1. The van der Waals surface area contributed by atoms with Crippen molar-refractivity contribution in [3.8, 4) is 17.2 Å². The molecule has 0 saturated carbocycles. The van der Waals surface area contributed by atoms with Crippen LogP contribution in [0.15, 0.2) is 53.1 Å². The standard InChI is InChI=1S/C25H31N3O5/c1-18(2)28(25(31)20-16-21(27(3)26-20)23-12-9-15-33-23)17-19-10-6-7-11-22(19)32-14-8-4-5-13-24(29)30/h6-7,9-12,15-16,18H,4-5,8,13-14,17H2,1-3H3,(H,29,30)/i17D2. The van der Waals surface area contributed by atoms with E-state index >= 15 is 0 Å². The summed E-state index contributed by atoms with van der Waals surface area (Å²) < 4.78 is 30.7. The van der Waals surface area contributed by atoms with Crippen LogP contribution in [0.4, 0.5) is 0 Å². The van der Waals surface area contributed by atoms with Gasteiger partial charge < -0.3 is 19.2 Å². The van der Waals surface area contributed by atoms with Gasteiger partial charge >= 0.3 is 5.97 Å². The summed E-state index contributed by atoms with van der Waals surface area (Å²) >= 11 is 0. The first-order valence-corrected chi connectivity index (χ1v) is 11.0. The van der Waals surface area contributed by atoms with Crippen LogP contribution in [-0.4, -0.2) is 44.3 Å². The van der Waals surface area contributed by atoms with Gasteiger partial charge in [-0.25, -0.2) is 0 Å². The lowest BCUT2D eigenvalue weighted by Gasteiger charge is -2.27. The van der Waals surface area contributed by atoms with Gasteiger partial charge in [-0.3, -0.25) is 14.3 Å². The molecule has 33 heavy (non-hydrogen) atoms. The zero-order valence-electron chi connectivity index (χ0n) is 21.2. The first-order valence-electron chi connectivity index (χ1n) is 12.0. The molecular weight excluding hydrogens is 422 g/mol. The monoisotopic (exact) mass is 455 g/mol. The number of unbranched alkanes of at least 4 members (excludes halogenated alkanes) is 2. The molecular formula is C25H31N3O5. The van der Waals surface area contributed by atoms with Gasteiger partial charge in [-0.1, -0.05) is 18.2 Å². The van der Waals surface area contributed by atoms with Gasteiger partial charge in [0.2, 0.25) is 0 Å². The molecule has 3 aromatic rings. The Morgan fingerprint density at radius 3 is 2.70 bits per heavy atom. The van der Waals surface area contributed by atoms with Crippen LogP contribution in [0.25, 0.3) is 11.5 Å². The van der Waals surface area contributed by atoms with E-state index in [2.05, 4.69) is 5.10 Å². The van der Waals surface area contributed by atoms with E-state index in [1.807, 2.05) is 0 Å². The Morgan fingerprint density at radius 1 is 1.21 bits per heavy atom. The Kier molecular flexibility index (Phi) is 7.33. The molecule has 0 radical (unpaired) electrons. The molecule has 1 aromatic carbocycles. The number of carbonyl (C=O) groups is 2. The summed E-state index contributed by atoms with van der Waals surface area (Å²) in [6.45, 7) is 1.62. The highest BCUT2D eigenvalue weighted by Crippen LogP contribution is 2.24.